The van der Waals surface area contributed by atoms with Crippen molar-refractivity contribution in [2.75, 3.05) is 13.7 Å². The number of rotatable bonds is 1. The van der Waals surface area contributed by atoms with Crippen LogP contribution in [0.4, 0.5) is 13.6 Å². The Morgan fingerprint density at radius 2 is 2.14 bits per heavy atom. The third-order valence-corrected chi connectivity index (χ3v) is 1.98. The molecule has 0 radical (unpaired) electrons. The van der Waals surface area contributed by atoms with Crippen LogP contribution in [0.15, 0.2) is 0 Å². The molecule has 1 aliphatic rings. The van der Waals surface area contributed by atoms with Crippen LogP contribution in [0.25, 0.3) is 0 Å². The topological polar surface area (TPSA) is 69.7 Å². The largest absolute Gasteiger partial charge is 0.530 e. The maximum Gasteiger partial charge on any atom is 0.328 e. The van der Waals surface area contributed by atoms with Crippen LogP contribution in [0.5, 0.6) is 0 Å². The SMILES string of the molecule is COC(=O)[C@@H]1CC(F)(F)CN1C(=O)[O-]. The molecule has 14 heavy (non-hydrogen) atoms. The van der Waals surface area contributed by atoms with Gasteiger partial charge in [-0.05, 0) is 0 Å². The molecular formula is C7H8F2NO4-. The number of likely N-dealkylation sites (tertiary alicyclic amines) is 1. The van der Waals surface area contributed by atoms with Gasteiger partial charge in [0.1, 0.15) is 12.1 Å². The summed E-state index contributed by atoms with van der Waals surface area (Å²) in [6.07, 6.45) is -2.65. The van der Waals surface area contributed by atoms with E-state index >= 15 is 0 Å². The summed E-state index contributed by atoms with van der Waals surface area (Å²) >= 11 is 0. The molecule has 0 aromatic carbocycles. The van der Waals surface area contributed by atoms with Crippen molar-refractivity contribution in [3.63, 3.8) is 0 Å². The van der Waals surface area contributed by atoms with Crippen LogP contribution in [0.1, 0.15) is 6.42 Å². The molecule has 1 amide bonds. The summed E-state index contributed by atoms with van der Waals surface area (Å²) in [5.41, 5.74) is 0. The van der Waals surface area contributed by atoms with Crippen molar-refractivity contribution in [2.24, 2.45) is 0 Å². The Labute approximate surface area is 78.2 Å². The van der Waals surface area contributed by atoms with E-state index in [0.717, 1.165) is 7.11 Å². The molecule has 1 fully saturated rings. The Bertz CT molecular complexity index is 268. The Hall–Kier alpha value is -1.40. The Morgan fingerprint density at radius 1 is 1.57 bits per heavy atom. The molecule has 0 bridgehead atoms. The third-order valence-electron chi connectivity index (χ3n) is 1.98. The van der Waals surface area contributed by atoms with Crippen molar-refractivity contribution in [1.29, 1.82) is 0 Å². The zero-order valence-electron chi connectivity index (χ0n) is 7.33. The van der Waals surface area contributed by atoms with E-state index in [-0.39, 0.29) is 4.90 Å². The maximum absolute atomic E-state index is 12.8. The number of nitrogens with zero attached hydrogens (tertiary/aromatic N) is 1. The standard InChI is InChI=1S/C7H9F2NO4/c1-14-5(11)4-2-7(8,9)3-10(4)6(12)13/h4H,2-3H2,1H3,(H,12,13)/p-1/t4-/m0/s1. The summed E-state index contributed by atoms with van der Waals surface area (Å²) in [7, 11) is 1.01. The molecular weight excluding hydrogens is 200 g/mol. The van der Waals surface area contributed by atoms with E-state index in [9.17, 15) is 23.5 Å². The predicted molar refractivity (Wildman–Crippen MR) is 37.5 cm³/mol. The Kier molecular flexibility index (Phi) is 2.59. The molecule has 1 saturated heterocycles. The minimum Gasteiger partial charge on any atom is -0.530 e. The number of alkyl halides is 2. The second-order valence-corrected chi connectivity index (χ2v) is 2.99. The lowest BCUT2D eigenvalue weighted by Crippen LogP contribution is -2.47. The van der Waals surface area contributed by atoms with Gasteiger partial charge in [-0.25, -0.2) is 13.6 Å². The molecule has 1 aliphatic heterocycles. The number of halogens is 2. The highest BCUT2D eigenvalue weighted by molar-refractivity contribution is 5.81. The monoisotopic (exact) mass is 208 g/mol. The number of ether oxygens (including phenoxy) is 1. The fraction of sp³-hybridized carbons (Fsp3) is 0.714. The first-order chi connectivity index (χ1) is 6.37. The summed E-state index contributed by atoms with van der Waals surface area (Å²) in [5.74, 6) is -4.19. The molecule has 5 nitrogen and oxygen atoms in total. The van der Waals surface area contributed by atoms with E-state index < -0.39 is 37.0 Å². The smallest absolute Gasteiger partial charge is 0.328 e. The number of carbonyl (C=O) groups is 2. The second-order valence-electron chi connectivity index (χ2n) is 2.99. The summed E-state index contributed by atoms with van der Waals surface area (Å²) in [6.45, 7) is -1.02. The average molecular weight is 208 g/mol. The number of hydrogen-bond acceptors (Lipinski definition) is 4. The number of methoxy groups -OCH3 is 1. The summed E-state index contributed by atoms with van der Waals surface area (Å²) in [5, 5.41) is 10.4. The average Bonchev–Trinajstić information content (AvgIpc) is 2.40. The van der Waals surface area contributed by atoms with Gasteiger partial charge in [-0.2, -0.15) is 0 Å². The lowest BCUT2D eigenvalue weighted by Gasteiger charge is -2.23. The van der Waals surface area contributed by atoms with Crippen LogP contribution in [-0.2, 0) is 9.53 Å². The van der Waals surface area contributed by atoms with Gasteiger partial charge >= 0.3 is 5.97 Å². The first-order valence-corrected chi connectivity index (χ1v) is 3.80. The van der Waals surface area contributed by atoms with Crippen LogP contribution < -0.4 is 5.11 Å². The summed E-state index contributed by atoms with van der Waals surface area (Å²) < 4.78 is 29.7. The zero-order valence-corrected chi connectivity index (χ0v) is 7.33. The van der Waals surface area contributed by atoms with E-state index in [1.807, 2.05) is 0 Å². The van der Waals surface area contributed by atoms with Crippen LogP contribution >= 0.6 is 0 Å². The molecule has 80 valence electrons. The van der Waals surface area contributed by atoms with Gasteiger partial charge in [0, 0.05) is 6.42 Å². The minimum absolute atomic E-state index is 0.284. The van der Waals surface area contributed by atoms with Crippen molar-refractivity contribution >= 4 is 12.1 Å². The van der Waals surface area contributed by atoms with Gasteiger partial charge in [0.2, 0.25) is 0 Å². The van der Waals surface area contributed by atoms with E-state index in [1.165, 1.54) is 0 Å². The van der Waals surface area contributed by atoms with Crippen LogP contribution in [0, 0.1) is 0 Å². The van der Waals surface area contributed by atoms with Crippen LogP contribution in [0.3, 0.4) is 0 Å². The lowest BCUT2D eigenvalue weighted by molar-refractivity contribution is -0.267. The normalized spacial score (nSPS) is 24.8. The number of esters is 1. The maximum atomic E-state index is 12.8. The van der Waals surface area contributed by atoms with Crippen molar-refractivity contribution in [1.82, 2.24) is 4.90 Å². The van der Waals surface area contributed by atoms with E-state index in [1.54, 1.807) is 0 Å². The lowest BCUT2D eigenvalue weighted by atomic mass is 10.2. The van der Waals surface area contributed by atoms with Crippen LogP contribution in [0.2, 0.25) is 0 Å². The molecule has 0 aromatic rings. The molecule has 0 aromatic heterocycles. The fourth-order valence-electron chi connectivity index (χ4n) is 1.36. The first-order valence-electron chi connectivity index (χ1n) is 3.80. The van der Waals surface area contributed by atoms with Crippen molar-refractivity contribution in [3.8, 4) is 0 Å². The van der Waals surface area contributed by atoms with Gasteiger partial charge in [0.05, 0.1) is 13.7 Å². The summed E-state index contributed by atoms with van der Waals surface area (Å²) in [4.78, 5) is 21.6. The highest BCUT2D eigenvalue weighted by atomic mass is 19.3. The first kappa shape index (κ1) is 10.7. The molecule has 1 heterocycles. The Morgan fingerprint density at radius 3 is 2.57 bits per heavy atom. The van der Waals surface area contributed by atoms with E-state index in [2.05, 4.69) is 4.74 Å². The number of amides is 1. The highest BCUT2D eigenvalue weighted by Crippen LogP contribution is 2.32. The molecule has 0 N–H and O–H groups in total. The molecule has 0 aliphatic carbocycles. The van der Waals surface area contributed by atoms with Gasteiger partial charge in [0.15, 0.2) is 0 Å². The number of carboxylic acid groups (broad SMARTS) is 1. The fourth-order valence-corrected chi connectivity index (χ4v) is 1.36. The van der Waals surface area contributed by atoms with Crippen LogP contribution in [-0.4, -0.2) is 42.6 Å². The van der Waals surface area contributed by atoms with Gasteiger partial charge in [0.25, 0.3) is 5.92 Å². The second kappa shape index (κ2) is 3.39. The van der Waals surface area contributed by atoms with E-state index in [4.69, 9.17) is 0 Å². The van der Waals surface area contributed by atoms with Gasteiger partial charge in [-0.3, -0.25) is 0 Å². The van der Waals surface area contributed by atoms with Gasteiger partial charge in [-0.15, -0.1) is 0 Å². The number of hydrogen-bond donors (Lipinski definition) is 0. The van der Waals surface area contributed by atoms with E-state index in [0.29, 0.717) is 0 Å². The van der Waals surface area contributed by atoms with Gasteiger partial charge < -0.3 is 19.5 Å². The Balaban J connectivity index is 2.83. The number of carbonyl (C=O) groups excluding carboxylic acids is 2. The molecule has 0 spiro atoms. The van der Waals surface area contributed by atoms with Crippen molar-refractivity contribution < 1.29 is 28.2 Å². The molecule has 7 heteroatoms. The predicted octanol–water partition coefficient (Wildman–Crippen LogP) is -0.788. The minimum atomic E-state index is -3.20. The highest BCUT2D eigenvalue weighted by Gasteiger charge is 2.48. The quantitative estimate of drug-likeness (QED) is 0.529. The molecule has 1 rings (SSSR count). The van der Waals surface area contributed by atoms with Crippen molar-refractivity contribution in [3.05, 3.63) is 0 Å². The third kappa shape index (κ3) is 1.91. The summed E-state index contributed by atoms with van der Waals surface area (Å²) in [6, 6.07) is -1.46. The van der Waals surface area contributed by atoms with Crippen molar-refractivity contribution in [2.45, 2.75) is 18.4 Å². The molecule has 1 atom stereocenters. The molecule has 0 saturated carbocycles. The molecule has 0 unspecified atom stereocenters. The zero-order chi connectivity index (χ0) is 10.9. The van der Waals surface area contributed by atoms with Gasteiger partial charge in [-0.1, -0.05) is 0 Å².